The number of sulfonamides is 1. The highest BCUT2D eigenvalue weighted by molar-refractivity contribution is 9.10. The van der Waals surface area contributed by atoms with Crippen molar-refractivity contribution >= 4 is 66.7 Å². The number of amides is 2. The predicted octanol–water partition coefficient (Wildman–Crippen LogP) is 6.45. The van der Waals surface area contributed by atoms with Gasteiger partial charge in [-0.1, -0.05) is 82.8 Å². The molecule has 3 aromatic rings. The number of nitrogens with zero attached hydrogens (tertiary/aromatic N) is 2. The maximum Gasteiger partial charge on any atom is 0.264 e. The fraction of sp³-hybridized carbons (Fsp3) is 0.310. The molecule has 0 aliphatic rings. The molecule has 214 valence electrons. The van der Waals surface area contributed by atoms with Crippen LogP contribution in [0.3, 0.4) is 0 Å². The number of benzene rings is 3. The third kappa shape index (κ3) is 8.46. The van der Waals surface area contributed by atoms with Crippen molar-refractivity contribution < 1.29 is 18.0 Å². The van der Waals surface area contributed by atoms with E-state index in [0.29, 0.717) is 6.54 Å². The fourth-order valence-electron chi connectivity index (χ4n) is 3.92. The standard InChI is InChI=1S/C29H32BrCl2N3O4S/c1-19(2)16-33-29(37)21(4)34(17-22-6-5-7-23(30)12-22)28(36)18-35(26-14-24(31)13-25(32)15-26)40(38,39)27-10-8-20(3)9-11-27/h5-15,19,21H,16-18H2,1-4H3,(H,33,37). The Hall–Kier alpha value is -2.59. The Balaban J connectivity index is 2.05. The largest absolute Gasteiger partial charge is 0.354 e. The number of carbonyl (C=O) groups excluding carboxylic acids is 2. The summed E-state index contributed by atoms with van der Waals surface area (Å²) in [6.07, 6.45) is 0. The Morgan fingerprint density at radius 2 is 1.57 bits per heavy atom. The molecule has 0 spiro atoms. The number of carbonyl (C=O) groups is 2. The zero-order valence-corrected chi connectivity index (χ0v) is 26.6. The molecule has 0 aromatic heterocycles. The SMILES string of the molecule is Cc1ccc(S(=O)(=O)N(CC(=O)N(Cc2cccc(Br)c2)C(C)C(=O)NCC(C)C)c2cc(Cl)cc(Cl)c2)cc1. The van der Waals surface area contributed by atoms with E-state index in [4.69, 9.17) is 23.2 Å². The minimum atomic E-state index is -4.22. The minimum absolute atomic E-state index is 0.00302. The zero-order chi connectivity index (χ0) is 29.6. The molecule has 0 saturated carbocycles. The van der Waals surface area contributed by atoms with Crippen molar-refractivity contribution in [1.82, 2.24) is 10.2 Å². The molecule has 0 radical (unpaired) electrons. The molecule has 1 atom stereocenters. The second kappa shape index (κ2) is 13.9. The summed E-state index contributed by atoms with van der Waals surface area (Å²) < 4.78 is 29.6. The summed E-state index contributed by atoms with van der Waals surface area (Å²) in [5, 5.41) is 3.30. The Bertz CT molecular complexity index is 1450. The molecule has 1 unspecified atom stereocenters. The Morgan fingerprint density at radius 1 is 0.950 bits per heavy atom. The van der Waals surface area contributed by atoms with E-state index in [2.05, 4.69) is 21.2 Å². The van der Waals surface area contributed by atoms with E-state index in [1.165, 1.54) is 35.2 Å². The molecule has 11 heteroatoms. The summed E-state index contributed by atoms with van der Waals surface area (Å²) in [4.78, 5) is 28.4. The molecule has 3 aromatic carbocycles. The number of hydrogen-bond donors (Lipinski definition) is 1. The highest BCUT2D eigenvalue weighted by atomic mass is 79.9. The molecule has 0 bridgehead atoms. The lowest BCUT2D eigenvalue weighted by molar-refractivity contribution is -0.139. The van der Waals surface area contributed by atoms with Gasteiger partial charge >= 0.3 is 0 Å². The van der Waals surface area contributed by atoms with Crippen LogP contribution in [0.1, 0.15) is 31.9 Å². The van der Waals surface area contributed by atoms with E-state index in [0.717, 1.165) is 19.9 Å². The lowest BCUT2D eigenvalue weighted by Gasteiger charge is -2.32. The third-order valence-electron chi connectivity index (χ3n) is 6.12. The number of anilines is 1. The molecule has 7 nitrogen and oxygen atoms in total. The summed E-state index contributed by atoms with van der Waals surface area (Å²) in [5.74, 6) is -0.692. The summed E-state index contributed by atoms with van der Waals surface area (Å²) in [7, 11) is -4.22. The van der Waals surface area contributed by atoms with E-state index in [9.17, 15) is 18.0 Å². The molecule has 40 heavy (non-hydrogen) atoms. The van der Waals surface area contributed by atoms with Crippen molar-refractivity contribution in [3.8, 4) is 0 Å². The predicted molar refractivity (Wildman–Crippen MR) is 164 cm³/mol. The van der Waals surface area contributed by atoms with E-state index in [1.54, 1.807) is 19.1 Å². The highest BCUT2D eigenvalue weighted by Crippen LogP contribution is 2.30. The maximum absolute atomic E-state index is 14.0. The molecule has 0 heterocycles. The van der Waals surface area contributed by atoms with Gasteiger partial charge in [-0.2, -0.15) is 0 Å². The van der Waals surface area contributed by atoms with Gasteiger partial charge in [-0.3, -0.25) is 13.9 Å². The molecule has 1 N–H and O–H groups in total. The van der Waals surface area contributed by atoms with Gasteiger partial charge in [0.25, 0.3) is 10.0 Å². The van der Waals surface area contributed by atoms with Crippen molar-refractivity contribution in [2.24, 2.45) is 5.92 Å². The molecule has 2 amide bonds. The first-order valence-electron chi connectivity index (χ1n) is 12.6. The molecule has 0 aliphatic carbocycles. The number of rotatable bonds is 11. The summed E-state index contributed by atoms with van der Waals surface area (Å²) in [5.41, 5.74) is 1.78. The van der Waals surface area contributed by atoms with E-state index in [1.807, 2.05) is 45.0 Å². The van der Waals surface area contributed by atoms with E-state index < -0.39 is 28.5 Å². The smallest absolute Gasteiger partial charge is 0.264 e. The van der Waals surface area contributed by atoms with E-state index in [-0.39, 0.29) is 39.0 Å². The van der Waals surface area contributed by atoms with Crippen LogP contribution in [0.15, 0.2) is 76.1 Å². The van der Waals surface area contributed by atoms with Gasteiger partial charge in [0.2, 0.25) is 11.8 Å². The normalized spacial score (nSPS) is 12.2. The molecule has 3 rings (SSSR count). The average molecular weight is 669 g/mol. The lowest BCUT2D eigenvalue weighted by Crippen LogP contribution is -2.51. The van der Waals surface area contributed by atoms with Gasteiger partial charge in [-0.05, 0) is 67.8 Å². The number of nitrogens with one attached hydrogen (secondary N) is 1. The Morgan fingerprint density at radius 3 is 2.15 bits per heavy atom. The molecule has 0 fully saturated rings. The van der Waals surface area contributed by atoms with Crippen molar-refractivity contribution in [3.05, 3.63) is 92.4 Å². The van der Waals surface area contributed by atoms with Gasteiger partial charge in [0, 0.05) is 27.6 Å². The second-order valence-corrected chi connectivity index (χ2v) is 13.6. The topological polar surface area (TPSA) is 86.8 Å². The highest BCUT2D eigenvalue weighted by Gasteiger charge is 2.33. The number of aryl methyl sites for hydroxylation is 1. The number of hydrogen-bond acceptors (Lipinski definition) is 4. The van der Waals surface area contributed by atoms with Crippen molar-refractivity contribution in [2.75, 3.05) is 17.4 Å². The first kappa shape index (κ1) is 31.9. The summed E-state index contributed by atoms with van der Waals surface area (Å²) in [6.45, 7) is 7.36. The van der Waals surface area contributed by atoms with Crippen molar-refractivity contribution in [2.45, 2.75) is 45.2 Å². The Labute approximate surface area is 254 Å². The van der Waals surface area contributed by atoms with Crippen LogP contribution in [0, 0.1) is 12.8 Å². The first-order valence-corrected chi connectivity index (χ1v) is 15.6. The van der Waals surface area contributed by atoms with Gasteiger partial charge in [0.15, 0.2) is 0 Å². The van der Waals surface area contributed by atoms with Crippen molar-refractivity contribution in [3.63, 3.8) is 0 Å². The van der Waals surface area contributed by atoms with Crippen LogP contribution in [0.25, 0.3) is 0 Å². The first-order chi connectivity index (χ1) is 18.8. The van der Waals surface area contributed by atoms with Crippen LogP contribution in [-0.4, -0.2) is 44.3 Å². The molecular weight excluding hydrogens is 637 g/mol. The average Bonchev–Trinajstić information content (AvgIpc) is 2.88. The molecule has 0 saturated heterocycles. The van der Waals surface area contributed by atoms with Crippen LogP contribution in [0.4, 0.5) is 5.69 Å². The van der Waals surface area contributed by atoms with E-state index >= 15 is 0 Å². The monoisotopic (exact) mass is 667 g/mol. The third-order valence-corrected chi connectivity index (χ3v) is 8.83. The number of halogens is 3. The maximum atomic E-state index is 14.0. The van der Waals surface area contributed by atoms with Crippen molar-refractivity contribution in [1.29, 1.82) is 0 Å². The zero-order valence-electron chi connectivity index (χ0n) is 22.7. The van der Waals surface area contributed by atoms with Crippen LogP contribution in [-0.2, 0) is 26.2 Å². The van der Waals surface area contributed by atoms with Gasteiger partial charge < -0.3 is 10.2 Å². The molecular formula is C29H32BrCl2N3O4S. The lowest BCUT2D eigenvalue weighted by atomic mass is 10.1. The van der Waals surface area contributed by atoms with Crippen LogP contribution in [0.2, 0.25) is 10.0 Å². The molecule has 0 aliphatic heterocycles. The quantitative estimate of drug-likeness (QED) is 0.255. The Kier molecular flexibility index (Phi) is 11.1. The van der Waals surface area contributed by atoms with Crippen LogP contribution >= 0.6 is 39.1 Å². The van der Waals surface area contributed by atoms with Crippen LogP contribution < -0.4 is 9.62 Å². The van der Waals surface area contributed by atoms with Crippen LogP contribution in [0.5, 0.6) is 0 Å². The van der Waals surface area contributed by atoms with Gasteiger partial charge in [0.05, 0.1) is 10.6 Å². The summed E-state index contributed by atoms with van der Waals surface area (Å²) >= 11 is 15.9. The van der Waals surface area contributed by atoms with Gasteiger partial charge in [-0.25, -0.2) is 8.42 Å². The fourth-order valence-corrected chi connectivity index (χ4v) is 6.28. The van der Waals surface area contributed by atoms with Gasteiger partial charge in [0.1, 0.15) is 12.6 Å². The second-order valence-electron chi connectivity index (χ2n) is 9.92. The minimum Gasteiger partial charge on any atom is -0.354 e. The summed E-state index contributed by atoms with van der Waals surface area (Å²) in [6, 6.07) is 17.2. The van der Waals surface area contributed by atoms with Gasteiger partial charge in [-0.15, -0.1) is 0 Å².